The molecule has 0 unspecified atom stereocenters. The molecule has 7 heteroatoms. The lowest BCUT2D eigenvalue weighted by Crippen LogP contribution is -2.35. The average molecular weight is 362 g/mol. The number of fused-ring (bicyclic) bond motifs is 2. The summed E-state index contributed by atoms with van der Waals surface area (Å²) in [5.41, 5.74) is 1.30. The number of furan rings is 1. The SMILES string of the molecule is O=C(c1ccoc1)N1CC[C@]2(CCn3c2nnc(-c2ccccc2)c3=O)C1. The molecular weight excluding hydrogens is 344 g/mol. The predicted molar refractivity (Wildman–Crippen MR) is 97.3 cm³/mol. The fraction of sp³-hybridized carbons (Fsp3) is 0.300. The summed E-state index contributed by atoms with van der Waals surface area (Å²) in [6, 6.07) is 11.1. The molecule has 4 heterocycles. The third-order valence-corrected chi connectivity index (χ3v) is 5.69. The first kappa shape index (κ1) is 16.0. The Hall–Kier alpha value is -3.22. The van der Waals surface area contributed by atoms with Crippen LogP contribution in [0.4, 0.5) is 0 Å². The first-order valence-electron chi connectivity index (χ1n) is 9.03. The second kappa shape index (κ2) is 5.90. The van der Waals surface area contributed by atoms with Crippen LogP contribution < -0.4 is 5.56 Å². The summed E-state index contributed by atoms with van der Waals surface area (Å²) in [4.78, 5) is 27.4. The molecule has 1 amide bonds. The molecule has 0 saturated carbocycles. The number of carbonyl (C=O) groups excluding carboxylic acids is 1. The molecule has 0 N–H and O–H groups in total. The van der Waals surface area contributed by atoms with E-state index in [0.717, 1.165) is 18.4 Å². The van der Waals surface area contributed by atoms with Crippen LogP contribution in [0.25, 0.3) is 11.3 Å². The Balaban J connectivity index is 1.48. The highest BCUT2D eigenvalue weighted by atomic mass is 16.3. The van der Waals surface area contributed by atoms with Crippen LogP contribution >= 0.6 is 0 Å². The van der Waals surface area contributed by atoms with Crippen molar-refractivity contribution in [2.24, 2.45) is 0 Å². The number of nitrogens with zero attached hydrogens (tertiary/aromatic N) is 4. The van der Waals surface area contributed by atoms with Gasteiger partial charge in [-0.25, -0.2) is 0 Å². The van der Waals surface area contributed by atoms with Crippen LogP contribution in [-0.4, -0.2) is 38.7 Å². The summed E-state index contributed by atoms with van der Waals surface area (Å²) in [5, 5.41) is 8.70. The van der Waals surface area contributed by atoms with E-state index in [9.17, 15) is 9.59 Å². The number of hydrogen-bond acceptors (Lipinski definition) is 5. The zero-order chi connectivity index (χ0) is 18.4. The maximum atomic E-state index is 13.0. The highest BCUT2D eigenvalue weighted by molar-refractivity contribution is 5.94. The zero-order valence-electron chi connectivity index (χ0n) is 14.7. The quantitative estimate of drug-likeness (QED) is 0.697. The van der Waals surface area contributed by atoms with Crippen molar-refractivity contribution in [2.75, 3.05) is 13.1 Å². The van der Waals surface area contributed by atoms with Gasteiger partial charge in [-0.15, -0.1) is 10.2 Å². The summed E-state index contributed by atoms with van der Waals surface area (Å²) in [5.74, 6) is 0.657. The van der Waals surface area contributed by atoms with Crippen molar-refractivity contribution in [1.29, 1.82) is 0 Å². The second-order valence-electron chi connectivity index (χ2n) is 7.21. The summed E-state index contributed by atoms with van der Waals surface area (Å²) in [6.07, 6.45) is 4.55. The van der Waals surface area contributed by atoms with Gasteiger partial charge >= 0.3 is 0 Å². The Bertz CT molecular complexity index is 1060. The van der Waals surface area contributed by atoms with E-state index in [1.54, 1.807) is 10.6 Å². The third kappa shape index (κ3) is 2.42. The Morgan fingerprint density at radius 3 is 2.67 bits per heavy atom. The molecule has 0 bridgehead atoms. The van der Waals surface area contributed by atoms with Crippen molar-refractivity contribution >= 4 is 5.91 Å². The van der Waals surface area contributed by atoms with Crippen LogP contribution in [0.1, 0.15) is 29.0 Å². The van der Waals surface area contributed by atoms with E-state index in [2.05, 4.69) is 10.2 Å². The highest BCUT2D eigenvalue weighted by Gasteiger charge is 2.48. The number of aromatic nitrogens is 3. The van der Waals surface area contributed by atoms with Gasteiger partial charge in [0.15, 0.2) is 5.69 Å². The molecule has 2 aliphatic heterocycles. The van der Waals surface area contributed by atoms with Crippen LogP contribution in [0, 0.1) is 0 Å². The van der Waals surface area contributed by atoms with Crippen LogP contribution in [0.5, 0.6) is 0 Å². The van der Waals surface area contributed by atoms with Crippen molar-refractivity contribution in [3.05, 3.63) is 70.7 Å². The largest absolute Gasteiger partial charge is 0.472 e. The molecule has 0 radical (unpaired) electrons. The Kier molecular flexibility index (Phi) is 3.50. The first-order valence-corrected chi connectivity index (χ1v) is 9.03. The van der Waals surface area contributed by atoms with Gasteiger partial charge in [0, 0.05) is 25.2 Å². The number of likely N-dealkylation sites (tertiary alicyclic amines) is 1. The summed E-state index contributed by atoms with van der Waals surface area (Å²) >= 11 is 0. The van der Waals surface area contributed by atoms with Crippen LogP contribution in [0.2, 0.25) is 0 Å². The zero-order valence-corrected chi connectivity index (χ0v) is 14.7. The number of benzene rings is 1. The van der Waals surface area contributed by atoms with Gasteiger partial charge in [0.2, 0.25) is 0 Å². The highest BCUT2D eigenvalue weighted by Crippen LogP contribution is 2.41. The smallest absolute Gasteiger partial charge is 0.280 e. The molecule has 0 aliphatic carbocycles. The lowest BCUT2D eigenvalue weighted by Gasteiger charge is -2.22. The van der Waals surface area contributed by atoms with Gasteiger partial charge in [-0.05, 0) is 18.9 Å². The van der Waals surface area contributed by atoms with Crippen LogP contribution in [0.3, 0.4) is 0 Å². The molecule has 7 nitrogen and oxygen atoms in total. The Morgan fingerprint density at radius 2 is 1.89 bits per heavy atom. The van der Waals surface area contributed by atoms with Crippen LogP contribution in [0.15, 0.2) is 58.1 Å². The Morgan fingerprint density at radius 1 is 1.07 bits per heavy atom. The molecule has 1 spiro atoms. The summed E-state index contributed by atoms with van der Waals surface area (Å²) in [7, 11) is 0. The molecule has 3 aromatic rings. The summed E-state index contributed by atoms with van der Waals surface area (Å²) in [6.45, 7) is 1.80. The lowest BCUT2D eigenvalue weighted by atomic mass is 9.85. The van der Waals surface area contributed by atoms with Gasteiger partial charge in [-0.3, -0.25) is 14.2 Å². The van der Waals surface area contributed by atoms with Gasteiger partial charge in [-0.2, -0.15) is 0 Å². The molecule has 2 aromatic heterocycles. The van der Waals surface area contributed by atoms with Crippen molar-refractivity contribution in [3.8, 4) is 11.3 Å². The molecule has 2 aliphatic rings. The van der Waals surface area contributed by atoms with Crippen LogP contribution in [-0.2, 0) is 12.0 Å². The van der Waals surface area contributed by atoms with E-state index in [4.69, 9.17) is 4.42 Å². The van der Waals surface area contributed by atoms with E-state index in [1.165, 1.54) is 12.5 Å². The van der Waals surface area contributed by atoms with Crippen molar-refractivity contribution in [1.82, 2.24) is 19.7 Å². The molecule has 27 heavy (non-hydrogen) atoms. The monoisotopic (exact) mass is 362 g/mol. The second-order valence-corrected chi connectivity index (χ2v) is 7.21. The van der Waals surface area contributed by atoms with Gasteiger partial charge in [0.25, 0.3) is 11.5 Å². The third-order valence-electron chi connectivity index (χ3n) is 5.69. The molecule has 5 rings (SSSR count). The molecule has 136 valence electrons. The van der Waals surface area contributed by atoms with Crippen molar-refractivity contribution in [3.63, 3.8) is 0 Å². The standard InChI is InChI=1S/C20H18N4O3/c25-17(15-6-11-27-12-15)23-9-7-20(13-23)8-10-24-18(26)16(21-22-19(20)24)14-4-2-1-3-5-14/h1-6,11-12H,7-10,13H2/t20-/m0/s1. The predicted octanol–water partition coefficient (Wildman–Crippen LogP) is 2.09. The number of hydrogen-bond donors (Lipinski definition) is 0. The first-order chi connectivity index (χ1) is 13.2. The van der Waals surface area contributed by atoms with E-state index < -0.39 is 0 Å². The van der Waals surface area contributed by atoms with Gasteiger partial charge in [0.1, 0.15) is 12.1 Å². The average Bonchev–Trinajstić information content (AvgIpc) is 3.44. The topological polar surface area (TPSA) is 81.2 Å². The van der Waals surface area contributed by atoms with Gasteiger partial charge in [-0.1, -0.05) is 30.3 Å². The fourth-order valence-electron chi connectivity index (χ4n) is 4.23. The number of rotatable bonds is 2. The Labute approximate surface area is 155 Å². The van der Waals surface area contributed by atoms with E-state index in [-0.39, 0.29) is 16.9 Å². The number of carbonyl (C=O) groups is 1. The lowest BCUT2D eigenvalue weighted by molar-refractivity contribution is 0.0782. The van der Waals surface area contributed by atoms with E-state index in [0.29, 0.717) is 36.7 Å². The minimum Gasteiger partial charge on any atom is -0.472 e. The molecule has 1 aromatic carbocycles. The molecule has 1 atom stereocenters. The van der Waals surface area contributed by atoms with Crippen molar-refractivity contribution < 1.29 is 9.21 Å². The molecular formula is C20H18N4O3. The molecule has 1 fully saturated rings. The maximum Gasteiger partial charge on any atom is 0.280 e. The van der Waals surface area contributed by atoms with E-state index >= 15 is 0 Å². The van der Waals surface area contributed by atoms with Crippen molar-refractivity contribution in [2.45, 2.75) is 24.8 Å². The van der Waals surface area contributed by atoms with Gasteiger partial charge < -0.3 is 9.32 Å². The number of amides is 1. The molecule has 1 saturated heterocycles. The normalized spacial score (nSPS) is 21.0. The minimum atomic E-state index is -0.291. The van der Waals surface area contributed by atoms with E-state index in [1.807, 2.05) is 35.2 Å². The summed E-state index contributed by atoms with van der Waals surface area (Å²) < 4.78 is 6.76. The minimum absolute atomic E-state index is 0.0460. The van der Waals surface area contributed by atoms with Gasteiger partial charge in [0.05, 0.1) is 17.2 Å². The maximum absolute atomic E-state index is 13.0. The fourth-order valence-corrected chi connectivity index (χ4v) is 4.23.